The van der Waals surface area contributed by atoms with Crippen LogP contribution in [0.2, 0.25) is 0 Å². The van der Waals surface area contributed by atoms with Gasteiger partial charge in [-0.25, -0.2) is 0 Å². The van der Waals surface area contributed by atoms with Crippen molar-refractivity contribution in [3.8, 4) is 0 Å². The Morgan fingerprint density at radius 2 is 1.25 bits per heavy atom. The van der Waals surface area contributed by atoms with Gasteiger partial charge in [-0.2, -0.15) is 0 Å². The van der Waals surface area contributed by atoms with E-state index < -0.39 is 0 Å². The van der Waals surface area contributed by atoms with Crippen LogP contribution in [0.15, 0.2) is 0 Å². The first kappa shape index (κ1) is 20.8. The molecule has 0 atom stereocenters. The van der Waals surface area contributed by atoms with Crippen LogP contribution in [0.4, 0.5) is 0 Å². The van der Waals surface area contributed by atoms with Crippen molar-refractivity contribution in [3.05, 3.63) is 0 Å². The molecule has 0 saturated carbocycles. The molecule has 0 aromatic carbocycles. The van der Waals surface area contributed by atoms with Crippen LogP contribution in [0, 0.1) is 0 Å². The van der Waals surface area contributed by atoms with E-state index in [1.54, 1.807) is 0 Å². The zero-order valence-electron chi connectivity index (χ0n) is 1.84. The Labute approximate surface area is 44.6 Å². The summed E-state index contributed by atoms with van der Waals surface area (Å²) in [7, 11) is 0. The Hall–Kier alpha value is 0.877. The SMILES string of the molecule is [O-2].[O]=[Ni].[Zn+2]. The Bertz CT molecular complexity index is 6.00. The van der Waals surface area contributed by atoms with Crippen LogP contribution in [0.25, 0.3) is 0 Å². The third-order valence-electron chi connectivity index (χ3n) is 0. The molecule has 24 valence electrons. The minimum absolute atomic E-state index is 0. The maximum atomic E-state index is 7.88. The standard InChI is InChI=1S/Ni.2O.Zn/q;;-2;+2. The summed E-state index contributed by atoms with van der Waals surface area (Å²) in [6.45, 7) is 0. The summed E-state index contributed by atoms with van der Waals surface area (Å²) in [4.78, 5) is 0. The van der Waals surface area contributed by atoms with Crippen LogP contribution in [-0.2, 0) is 44.2 Å². The molecule has 0 heterocycles. The number of hydrogen-bond acceptors (Lipinski definition) is 1. The van der Waals surface area contributed by atoms with Crippen molar-refractivity contribution in [1.29, 1.82) is 0 Å². The van der Waals surface area contributed by atoms with E-state index in [1.807, 2.05) is 0 Å². The maximum Gasteiger partial charge on any atom is 2.00 e. The summed E-state index contributed by atoms with van der Waals surface area (Å²) in [6, 6.07) is 0. The topological polar surface area (TPSA) is 45.6 Å². The van der Waals surface area contributed by atoms with E-state index in [2.05, 4.69) is 15.4 Å². The molecule has 0 aliphatic heterocycles. The Balaban J connectivity index is -0.00000000500. The smallest absolute Gasteiger partial charge is 2.00 e. The van der Waals surface area contributed by atoms with Gasteiger partial charge in [0.25, 0.3) is 0 Å². The molecule has 0 fully saturated rings. The average molecular weight is 156 g/mol. The molecule has 0 aliphatic carbocycles. The summed E-state index contributed by atoms with van der Waals surface area (Å²) < 4.78 is 7.88. The van der Waals surface area contributed by atoms with Crippen LogP contribution in [-0.4, -0.2) is 0 Å². The Morgan fingerprint density at radius 3 is 1.25 bits per heavy atom. The van der Waals surface area contributed by atoms with E-state index >= 15 is 0 Å². The normalized spacial score (nSPS) is 1.50. The third-order valence-corrected chi connectivity index (χ3v) is 0. The van der Waals surface area contributed by atoms with Gasteiger partial charge < -0.3 is 5.48 Å². The fourth-order valence-corrected chi connectivity index (χ4v) is 0. The first-order valence-corrected chi connectivity index (χ1v) is 0.532. The molecule has 0 radical (unpaired) electrons. The van der Waals surface area contributed by atoms with E-state index in [1.165, 1.54) is 0 Å². The summed E-state index contributed by atoms with van der Waals surface area (Å²) in [6.07, 6.45) is 0. The van der Waals surface area contributed by atoms with Gasteiger partial charge >= 0.3 is 38.8 Å². The Kier molecular flexibility index (Phi) is 217. The van der Waals surface area contributed by atoms with Crippen LogP contribution in [0.5, 0.6) is 0 Å². The molecule has 4 heavy (non-hydrogen) atoms. The van der Waals surface area contributed by atoms with Gasteiger partial charge in [-0.15, -0.1) is 0 Å². The van der Waals surface area contributed by atoms with Crippen molar-refractivity contribution in [2.75, 3.05) is 0 Å². The van der Waals surface area contributed by atoms with E-state index in [4.69, 9.17) is 3.90 Å². The van der Waals surface area contributed by atoms with Gasteiger partial charge in [0.2, 0.25) is 0 Å². The second-order valence-electron chi connectivity index (χ2n) is 0. The molecule has 0 bridgehead atoms. The van der Waals surface area contributed by atoms with Crippen LogP contribution < -0.4 is 0 Å². The molecule has 2 nitrogen and oxygen atoms in total. The van der Waals surface area contributed by atoms with Gasteiger partial charge in [-0.3, -0.25) is 0 Å². The number of hydrogen-bond donors (Lipinski definition) is 0. The second kappa shape index (κ2) is 41.7. The average Bonchev–Trinajstić information content (AvgIpc) is 1.00. The largest absolute Gasteiger partial charge is 2.00 e. The zero-order valence-corrected chi connectivity index (χ0v) is 5.79. The molecule has 0 N–H and O–H groups in total. The van der Waals surface area contributed by atoms with Gasteiger partial charge in [0.15, 0.2) is 0 Å². The maximum absolute atomic E-state index is 7.88. The molecule has 0 saturated heterocycles. The van der Waals surface area contributed by atoms with E-state index in [0.717, 1.165) is 0 Å². The van der Waals surface area contributed by atoms with E-state index in [0.29, 0.717) is 0 Å². The second-order valence-corrected chi connectivity index (χ2v) is 0. The van der Waals surface area contributed by atoms with Crippen molar-refractivity contribution in [1.82, 2.24) is 0 Å². The van der Waals surface area contributed by atoms with E-state index in [9.17, 15) is 0 Å². The molecule has 4 heteroatoms. The molecule has 0 aromatic rings. The Morgan fingerprint density at radius 1 is 1.25 bits per heavy atom. The fourth-order valence-electron chi connectivity index (χ4n) is 0. The first-order valence-electron chi connectivity index (χ1n) is 0.129. The quantitative estimate of drug-likeness (QED) is 0.446. The molecule has 0 unspecified atom stereocenters. The van der Waals surface area contributed by atoms with Crippen molar-refractivity contribution in [2.45, 2.75) is 0 Å². The van der Waals surface area contributed by atoms with Crippen LogP contribution in [0.3, 0.4) is 0 Å². The summed E-state index contributed by atoms with van der Waals surface area (Å²) in [5, 5.41) is 0. The predicted molar refractivity (Wildman–Crippen MR) is 1.37 cm³/mol. The minimum atomic E-state index is 0. The molecule has 0 spiro atoms. The van der Waals surface area contributed by atoms with Gasteiger partial charge in [-0.05, 0) is 0 Å². The molecular formula is NiO2Zn. The number of rotatable bonds is 0. The summed E-state index contributed by atoms with van der Waals surface area (Å²) in [5.74, 6) is 0. The van der Waals surface area contributed by atoms with Gasteiger partial charge in [0, 0.05) is 0 Å². The van der Waals surface area contributed by atoms with Gasteiger partial charge in [-0.1, -0.05) is 0 Å². The summed E-state index contributed by atoms with van der Waals surface area (Å²) in [5.41, 5.74) is 0. The summed E-state index contributed by atoms with van der Waals surface area (Å²) >= 11 is 2.62. The molecular weight excluding hydrogens is 156 g/mol. The van der Waals surface area contributed by atoms with Crippen LogP contribution >= 0.6 is 0 Å². The van der Waals surface area contributed by atoms with Crippen molar-refractivity contribution in [2.24, 2.45) is 0 Å². The van der Waals surface area contributed by atoms with E-state index in [-0.39, 0.29) is 25.0 Å². The van der Waals surface area contributed by atoms with Crippen molar-refractivity contribution >= 4 is 0 Å². The van der Waals surface area contributed by atoms with Gasteiger partial charge in [0.05, 0.1) is 0 Å². The predicted octanol–water partition coefficient (Wildman–Crippen LogP) is -0.243. The molecule has 0 aliphatic rings. The minimum Gasteiger partial charge on any atom is 2.00 e. The van der Waals surface area contributed by atoms with Crippen molar-refractivity contribution in [3.63, 3.8) is 0 Å². The third kappa shape index (κ3) is 13.2. The molecule has 0 aromatic heterocycles. The van der Waals surface area contributed by atoms with Crippen molar-refractivity contribution < 1.29 is 44.2 Å². The monoisotopic (exact) mass is 154 g/mol. The molecule has 0 amide bonds. The zero-order chi connectivity index (χ0) is 2.00. The van der Waals surface area contributed by atoms with Gasteiger partial charge in [0.1, 0.15) is 0 Å². The molecule has 0 rings (SSSR count). The first-order chi connectivity index (χ1) is 1.00. The van der Waals surface area contributed by atoms with Crippen LogP contribution in [0.1, 0.15) is 0 Å². The fraction of sp³-hybridized carbons (Fsp3) is 0.